The lowest BCUT2D eigenvalue weighted by molar-refractivity contribution is 0.0389. The Bertz CT molecular complexity index is 1500. The van der Waals surface area contributed by atoms with E-state index in [9.17, 15) is 28.3 Å². The van der Waals surface area contributed by atoms with Crippen molar-refractivity contribution < 1.29 is 33.0 Å². The second-order valence-corrected chi connectivity index (χ2v) is 12.0. The molecule has 1 saturated heterocycles. The Morgan fingerprint density at radius 1 is 0.979 bits per heavy atom. The zero-order valence-corrected chi connectivity index (χ0v) is 27.2. The molecule has 1 aliphatic heterocycles. The summed E-state index contributed by atoms with van der Waals surface area (Å²) >= 11 is 0. The van der Waals surface area contributed by atoms with Gasteiger partial charge in [0.15, 0.2) is 0 Å². The van der Waals surface area contributed by atoms with E-state index in [1.54, 1.807) is 24.0 Å². The number of aliphatic hydroxyl groups is 1. The van der Waals surface area contributed by atoms with Crippen LogP contribution in [0.1, 0.15) is 64.1 Å². The van der Waals surface area contributed by atoms with E-state index in [0.29, 0.717) is 37.3 Å². The highest BCUT2D eigenvalue weighted by molar-refractivity contribution is 6.00. The molecular weight excluding hydrogens is 606 g/mol. The van der Waals surface area contributed by atoms with Gasteiger partial charge in [-0.3, -0.25) is 9.59 Å². The van der Waals surface area contributed by atoms with Gasteiger partial charge in [0.2, 0.25) is 0 Å². The fraction of sp³-hybridized carbons (Fsp3) is 0.417. The Balaban J connectivity index is 1.54. The monoisotopic (exact) mass is 650 g/mol. The minimum absolute atomic E-state index is 0.0759. The van der Waals surface area contributed by atoms with Gasteiger partial charge in [-0.25, -0.2) is 13.6 Å². The maximum Gasteiger partial charge on any atom is 0.410 e. The lowest BCUT2D eigenvalue weighted by Crippen LogP contribution is -2.62. The maximum atomic E-state index is 14.1. The summed E-state index contributed by atoms with van der Waals surface area (Å²) < 4.78 is 33.8. The van der Waals surface area contributed by atoms with Gasteiger partial charge in [-0.15, -0.1) is 0 Å². The average molecular weight is 651 g/mol. The fourth-order valence-electron chi connectivity index (χ4n) is 5.83. The first kappa shape index (κ1) is 35.5. The van der Waals surface area contributed by atoms with E-state index >= 15 is 0 Å². The topological polar surface area (TPSA) is 111 Å². The predicted molar refractivity (Wildman–Crippen MR) is 175 cm³/mol. The van der Waals surface area contributed by atoms with E-state index in [2.05, 4.69) is 10.6 Å². The van der Waals surface area contributed by atoms with E-state index in [0.717, 1.165) is 36.6 Å². The molecule has 1 unspecified atom stereocenters. The van der Waals surface area contributed by atoms with E-state index in [4.69, 9.17) is 4.74 Å². The zero-order valence-electron chi connectivity index (χ0n) is 27.2. The summed E-state index contributed by atoms with van der Waals surface area (Å²) in [6, 6.07) is 15.5. The van der Waals surface area contributed by atoms with Crippen LogP contribution in [0.3, 0.4) is 0 Å². The van der Waals surface area contributed by atoms with Crippen molar-refractivity contribution in [2.45, 2.75) is 64.8 Å². The number of aryl methyl sites for hydroxylation is 1. The van der Waals surface area contributed by atoms with Gasteiger partial charge >= 0.3 is 6.09 Å². The highest BCUT2D eigenvalue weighted by Gasteiger charge is 2.35. The average Bonchev–Trinajstić information content (AvgIpc) is 3.06. The SMILES string of the molecule is CCCN(CCC)C(=O)c1cc(C)cc(C(=O)N[C@@H](Cc2cc(F)cc(F)c2)C(O)[C@H]2CN(C(=O)OCc3ccccc3)CCN2)c1. The molecule has 3 N–H and O–H groups in total. The van der Waals surface area contributed by atoms with Crippen LogP contribution >= 0.6 is 0 Å². The molecule has 3 amide bonds. The molecule has 0 aromatic heterocycles. The van der Waals surface area contributed by atoms with Crippen LogP contribution in [0.25, 0.3) is 0 Å². The van der Waals surface area contributed by atoms with Crippen LogP contribution in [-0.4, -0.2) is 83.7 Å². The number of ether oxygens (including phenoxy) is 1. The second kappa shape index (κ2) is 17.0. The highest BCUT2D eigenvalue weighted by atomic mass is 19.1. The van der Waals surface area contributed by atoms with Crippen LogP contribution in [-0.2, 0) is 17.8 Å². The summed E-state index contributed by atoms with van der Waals surface area (Å²) in [5.74, 6) is -2.30. The number of carbonyl (C=O) groups is 3. The van der Waals surface area contributed by atoms with E-state index in [1.807, 2.05) is 44.2 Å². The third-order valence-electron chi connectivity index (χ3n) is 8.05. The van der Waals surface area contributed by atoms with Crippen LogP contribution in [0.15, 0.2) is 66.7 Å². The number of benzene rings is 3. The standard InChI is InChI=1S/C36H44F2N4O5/c1-4-12-41(13-5-2)35(45)28-16-24(3)15-27(20-28)34(44)40-31(19-26-17-29(37)21-30(38)18-26)33(43)32-22-42(14-11-39-32)36(46)47-23-25-9-7-6-8-10-25/h6-10,15-18,20-21,31-33,39,43H,4-5,11-14,19,22-23H2,1-3H3,(H,40,44)/t31-,32+,33?/m0/s1. The molecule has 3 atom stereocenters. The smallest absolute Gasteiger partial charge is 0.410 e. The molecule has 3 aromatic rings. The number of aliphatic hydroxyl groups excluding tert-OH is 1. The summed E-state index contributed by atoms with van der Waals surface area (Å²) in [6.07, 6.45) is -0.329. The van der Waals surface area contributed by atoms with Crippen molar-refractivity contribution in [3.8, 4) is 0 Å². The third-order valence-corrected chi connectivity index (χ3v) is 8.05. The van der Waals surface area contributed by atoms with Crippen LogP contribution in [0.2, 0.25) is 0 Å². The molecule has 3 aromatic carbocycles. The molecule has 0 bridgehead atoms. The molecule has 0 radical (unpaired) electrons. The van der Waals surface area contributed by atoms with Crippen LogP contribution in [0, 0.1) is 18.6 Å². The summed E-state index contributed by atoms with van der Waals surface area (Å²) in [5.41, 5.74) is 2.36. The quantitative estimate of drug-likeness (QED) is 0.244. The number of nitrogens with one attached hydrogen (secondary N) is 2. The van der Waals surface area contributed by atoms with Crippen molar-refractivity contribution in [2.75, 3.05) is 32.7 Å². The first-order chi connectivity index (χ1) is 22.6. The van der Waals surface area contributed by atoms with Gasteiger partial charge < -0.3 is 30.3 Å². The van der Waals surface area contributed by atoms with Gasteiger partial charge in [0.25, 0.3) is 11.8 Å². The fourth-order valence-corrected chi connectivity index (χ4v) is 5.83. The zero-order chi connectivity index (χ0) is 33.9. The molecule has 0 saturated carbocycles. The number of halogens is 2. The lowest BCUT2D eigenvalue weighted by atomic mass is 9.94. The highest BCUT2D eigenvalue weighted by Crippen LogP contribution is 2.18. The van der Waals surface area contributed by atoms with E-state index in [1.165, 1.54) is 11.0 Å². The van der Waals surface area contributed by atoms with Crippen LogP contribution in [0.5, 0.6) is 0 Å². The molecule has 0 spiro atoms. The number of amides is 3. The Labute approximate surface area is 274 Å². The second-order valence-electron chi connectivity index (χ2n) is 12.0. The number of hydrogen-bond acceptors (Lipinski definition) is 6. The molecule has 1 aliphatic rings. The maximum absolute atomic E-state index is 14.1. The third kappa shape index (κ3) is 10.1. The number of rotatable bonds is 13. The van der Waals surface area contributed by atoms with Crippen molar-refractivity contribution >= 4 is 17.9 Å². The van der Waals surface area contributed by atoms with Crippen molar-refractivity contribution in [1.82, 2.24) is 20.4 Å². The molecule has 0 aliphatic carbocycles. The van der Waals surface area contributed by atoms with Gasteiger partial charge in [0, 0.05) is 49.9 Å². The van der Waals surface area contributed by atoms with Gasteiger partial charge in [-0.1, -0.05) is 44.2 Å². The molecule has 9 nitrogen and oxygen atoms in total. The number of nitrogens with zero attached hydrogens (tertiary/aromatic N) is 2. The van der Waals surface area contributed by atoms with Crippen LogP contribution < -0.4 is 10.6 Å². The molecule has 47 heavy (non-hydrogen) atoms. The van der Waals surface area contributed by atoms with Gasteiger partial charge in [-0.05, 0) is 73.2 Å². The number of hydrogen-bond donors (Lipinski definition) is 3. The van der Waals surface area contributed by atoms with Gasteiger partial charge in [0.1, 0.15) is 18.2 Å². The first-order valence-corrected chi connectivity index (χ1v) is 16.1. The van der Waals surface area contributed by atoms with Gasteiger partial charge in [0.05, 0.1) is 18.2 Å². The molecule has 1 fully saturated rings. The predicted octanol–water partition coefficient (Wildman–Crippen LogP) is 4.85. The van der Waals surface area contributed by atoms with E-state index < -0.39 is 41.8 Å². The number of piperazine rings is 1. The Hall–Kier alpha value is -4.35. The van der Waals surface area contributed by atoms with Crippen molar-refractivity contribution in [3.63, 3.8) is 0 Å². The normalized spacial score (nSPS) is 15.9. The summed E-state index contributed by atoms with van der Waals surface area (Å²) in [5, 5.41) is 17.7. The Morgan fingerprint density at radius 2 is 1.64 bits per heavy atom. The van der Waals surface area contributed by atoms with Crippen molar-refractivity contribution in [2.24, 2.45) is 0 Å². The van der Waals surface area contributed by atoms with Gasteiger partial charge in [-0.2, -0.15) is 0 Å². The molecule has 11 heteroatoms. The summed E-state index contributed by atoms with van der Waals surface area (Å²) in [6.45, 7) is 7.82. The van der Waals surface area contributed by atoms with E-state index in [-0.39, 0.29) is 36.6 Å². The first-order valence-electron chi connectivity index (χ1n) is 16.1. The molecular formula is C36H44F2N4O5. The van der Waals surface area contributed by atoms with Crippen molar-refractivity contribution in [1.29, 1.82) is 0 Å². The van der Waals surface area contributed by atoms with Crippen molar-refractivity contribution in [3.05, 3.63) is 106 Å². The Morgan fingerprint density at radius 3 is 2.30 bits per heavy atom. The summed E-state index contributed by atoms with van der Waals surface area (Å²) in [4.78, 5) is 43.2. The molecule has 4 rings (SSSR count). The molecule has 1 heterocycles. The largest absolute Gasteiger partial charge is 0.445 e. The lowest BCUT2D eigenvalue weighted by Gasteiger charge is -2.38. The minimum atomic E-state index is -1.27. The number of carbonyl (C=O) groups excluding carboxylic acids is 3. The minimum Gasteiger partial charge on any atom is -0.445 e. The van der Waals surface area contributed by atoms with Crippen LogP contribution in [0.4, 0.5) is 13.6 Å². The summed E-state index contributed by atoms with van der Waals surface area (Å²) in [7, 11) is 0. The Kier molecular flexibility index (Phi) is 12.8. The molecule has 252 valence electrons.